The van der Waals surface area contributed by atoms with Crippen LogP contribution in [0.3, 0.4) is 0 Å². The van der Waals surface area contributed by atoms with Crippen molar-refractivity contribution in [2.24, 2.45) is 0 Å². The highest BCUT2D eigenvalue weighted by molar-refractivity contribution is 7.20. The van der Waals surface area contributed by atoms with Crippen molar-refractivity contribution in [2.45, 2.75) is 37.6 Å². The van der Waals surface area contributed by atoms with Gasteiger partial charge in [0.2, 0.25) is 0 Å². The molecule has 0 unspecified atom stereocenters. The van der Waals surface area contributed by atoms with E-state index in [1.807, 2.05) is 0 Å². The zero-order chi connectivity index (χ0) is 19.4. The van der Waals surface area contributed by atoms with Crippen LogP contribution in [-0.2, 0) is 9.53 Å². The fourth-order valence-corrected chi connectivity index (χ4v) is 4.11. The van der Waals surface area contributed by atoms with Gasteiger partial charge in [-0.3, -0.25) is 14.9 Å². The molecule has 8 nitrogen and oxygen atoms in total. The average molecular weight is 387 g/mol. The van der Waals surface area contributed by atoms with E-state index in [-0.39, 0.29) is 10.6 Å². The molecule has 0 saturated heterocycles. The van der Waals surface area contributed by atoms with E-state index < -0.39 is 28.9 Å². The topological polar surface area (TPSA) is 122 Å². The Hall–Kier alpha value is -2.99. The SMILES string of the molecule is N#CC1(NC(=O)COC(=O)c2cc3cc([N+](=O)[O-])ccc3s2)CCCCC1. The number of amides is 1. The van der Waals surface area contributed by atoms with Gasteiger partial charge in [-0.25, -0.2) is 4.79 Å². The smallest absolute Gasteiger partial charge is 0.348 e. The summed E-state index contributed by atoms with van der Waals surface area (Å²) < 4.78 is 5.76. The highest BCUT2D eigenvalue weighted by atomic mass is 32.1. The van der Waals surface area contributed by atoms with Gasteiger partial charge in [0.25, 0.3) is 11.6 Å². The molecule has 1 aromatic heterocycles. The molecule has 3 rings (SSSR count). The normalized spacial score (nSPS) is 15.7. The summed E-state index contributed by atoms with van der Waals surface area (Å²) in [5, 5.41) is 23.4. The summed E-state index contributed by atoms with van der Waals surface area (Å²) in [6.07, 6.45) is 3.98. The quantitative estimate of drug-likeness (QED) is 0.477. The summed E-state index contributed by atoms with van der Waals surface area (Å²) in [7, 11) is 0. The molecule has 1 fully saturated rings. The van der Waals surface area contributed by atoms with Crippen LogP contribution >= 0.6 is 11.3 Å². The van der Waals surface area contributed by atoms with Gasteiger partial charge in [0.05, 0.1) is 11.0 Å². The van der Waals surface area contributed by atoms with E-state index in [4.69, 9.17) is 4.74 Å². The van der Waals surface area contributed by atoms with Crippen LogP contribution in [-0.4, -0.2) is 28.9 Å². The summed E-state index contributed by atoms with van der Waals surface area (Å²) in [5.74, 6) is -1.19. The first kappa shape index (κ1) is 18.8. The molecule has 9 heteroatoms. The number of ether oxygens (including phenoxy) is 1. The van der Waals surface area contributed by atoms with Crippen molar-refractivity contribution in [3.05, 3.63) is 39.3 Å². The molecule has 0 atom stereocenters. The summed E-state index contributed by atoms with van der Waals surface area (Å²) >= 11 is 1.14. The molecule has 1 heterocycles. The van der Waals surface area contributed by atoms with E-state index in [1.165, 1.54) is 18.2 Å². The van der Waals surface area contributed by atoms with Crippen LogP contribution in [0.4, 0.5) is 5.69 Å². The second kappa shape index (κ2) is 7.72. The van der Waals surface area contributed by atoms with Crippen molar-refractivity contribution >= 4 is 39.0 Å². The van der Waals surface area contributed by atoms with Crippen LogP contribution < -0.4 is 5.32 Å². The van der Waals surface area contributed by atoms with E-state index >= 15 is 0 Å². The lowest BCUT2D eigenvalue weighted by molar-refractivity contribution is -0.384. The van der Waals surface area contributed by atoms with Crippen LogP contribution in [0.25, 0.3) is 10.1 Å². The van der Waals surface area contributed by atoms with Gasteiger partial charge in [-0.2, -0.15) is 5.26 Å². The van der Waals surface area contributed by atoms with E-state index in [9.17, 15) is 25.0 Å². The predicted octanol–water partition coefficient (Wildman–Crippen LogP) is 3.31. The summed E-state index contributed by atoms with van der Waals surface area (Å²) in [6, 6.07) is 8.00. The number of nitro groups is 1. The van der Waals surface area contributed by atoms with Gasteiger partial charge in [0.15, 0.2) is 6.61 Å². The molecule has 0 bridgehead atoms. The zero-order valence-electron chi connectivity index (χ0n) is 14.4. The number of esters is 1. The Morgan fingerprint density at radius 3 is 2.70 bits per heavy atom. The van der Waals surface area contributed by atoms with Gasteiger partial charge in [-0.05, 0) is 25.0 Å². The van der Waals surface area contributed by atoms with Crippen LogP contribution in [0.15, 0.2) is 24.3 Å². The highest BCUT2D eigenvalue weighted by Crippen LogP contribution is 2.30. The Balaban J connectivity index is 1.62. The maximum atomic E-state index is 12.2. The molecule has 1 saturated carbocycles. The number of hydrogen-bond acceptors (Lipinski definition) is 7. The third-order valence-corrected chi connectivity index (χ3v) is 5.64. The molecular weight excluding hydrogens is 370 g/mol. The van der Waals surface area contributed by atoms with Gasteiger partial charge in [-0.15, -0.1) is 11.3 Å². The van der Waals surface area contributed by atoms with Crippen molar-refractivity contribution in [2.75, 3.05) is 6.61 Å². The van der Waals surface area contributed by atoms with Crippen molar-refractivity contribution < 1.29 is 19.2 Å². The predicted molar refractivity (Wildman–Crippen MR) is 98.3 cm³/mol. The summed E-state index contributed by atoms with van der Waals surface area (Å²) in [6.45, 7) is -0.476. The highest BCUT2D eigenvalue weighted by Gasteiger charge is 2.33. The number of nitro benzene ring substituents is 1. The number of nitrogens with one attached hydrogen (secondary N) is 1. The van der Waals surface area contributed by atoms with Crippen molar-refractivity contribution in [3.63, 3.8) is 0 Å². The number of carbonyl (C=O) groups is 2. The van der Waals surface area contributed by atoms with E-state index in [1.54, 1.807) is 6.07 Å². The van der Waals surface area contributed by atoms with Crippen molar-refractivity contribution in [3.8, 4) is 6.07 Å². The fourth-order valence-electron chi connectivity index (χ4n) is 3.17. The lowest BCUT2D eigenvalue weighted by Crippen LogP contribution is -2.50. The Morgan fingerprint density at radius 2 is 2.04 bits per heavy atom. The van der Waals surface area contributed by atoms with Crippen molar-refractivity contribution in [1.29, 1.82) is 5.26 Å². The number of hydrogen-bond donors (Lipinski definition) is 1. The molecule has 27 heavy (non-hydrogen) atoms. The lowest BCUT2D eigenvalue weighted by Gasteiger charge is -2.31. The summed E-state index contributed by atoms with van der Waals surface area (Å²) in [4.78, 5) is 34.9. The first-order chi connectivity index (χ1) is 12.9. The maximum Gasteiger partial charge on any atom is 0.348 e. The minimum atomic E-state index is -0.877. The van der Waals surface area contributed by atoms with Crippen molar-refractivity contribution in [1.82, 2.24) is 5.32 Å². The van der Waals surface area contributed by atoms with Crippen LogP contribution in [0, 0.1) is 21.4 Å². The number of nitriles is 1. The van der Waals surface area contributed by atoms with Crippen LogP contribution in [0.1, 0.15) is 41.8 Å². The minimum Gasteiger partial charge on any atom is -0.451 e. The number of fused-ring (bicyclic) bond motifs is 1. The van der Waals surface area contributed by atoms with Gasteiger partial charge >= 0.3 is 5.97 Å². The average Bonchev–Trinajstić information content (AvgIpc) is 3.10. The number of non-ortho nitro benzene ring substituents is 1. The Labute approximate surface area is 158 Å². The molecule has 1 aliphatic carbocycles. The molecule has 1 amide bonds. The number of benzene rings is 1. The maximum absolute atomic E-state index is 12.2. The molecule has 1 aliphatic rings. The third-order valence-electron chi connectivity index (χ3n) is 4.55. The second-order valence-corrected chi connectivity index (χ2v) is 7.55. The molecule has 0 aliphatic heterocycles. The van der Waals surface area contributed by atoms with E-state index in [0.29, 0.717) is 22.9 Å². The molecule has 0 radical (unpaired) electrons. The fraction of sp³-hybridized carbons (Fsp3) is 0.389. The molecule has 140 valence electrons. The first-order valence-corrected chi connectivity index (χ1v) is 9.31. The van der Waals surface area contributed by atoms with Crippen LogP contribution in [0.5, 0.6) is 0 Å². The number of carbonyl (C=O) groups excluding carboxylic acids is 2. The zero-order valence-corrected chi connectivity index (χ0v) is 15.2. The minimum absolute atomic E-state index is 0.0612. The van der Waals surface area contributed by atoms with Gasteiger partial charge in [0.1, 0.15) is 10.4 Å². The first-order valence-electron chi connectivity index (χ1n) is 8.50. The second-order valence-electron chi connectivity index (χ2n) is 6.47. The molecule has 0 spiro atoms. The standard InChI is InChI=1S/C18H17N3O5S/c19-11-18(6-2-1-3-7-18)20-16(22)10-26-17(23)15-9-12-8-13(21(24)25)4-5-14(12)27-15/h4-5,8-9H,1-3,6-7,10H2,(H,20,22). The monoisotopic (exact) mass is 387 g/mol. The molecule has 1 N–H and O–H groups in total. The van der Waals surface area contributed by atoms with E-state index in [0.717, 1.165) is 30.6 Å². The Bertz CT molecular complexity index is 940. The Kier molecular flexibility index (Phi) is 5.37. The van der Waals surface area contributed by atoms with Gasteiger partial charge in [-0.1, -0.05) is 19.3 Å². The lowest BCUT2D eigenvalue weighted by atomic mass is 9.83. The van der Waals surface area contributed by atoms with Crippen LogP contribution in [0.2, 0.25) is 0 Å². The number of rotatable bonds is 5. The molecule has 2 aromatic rings. The third kappa shape index (κ3) is 4.23. The Morgan fingerprint density at radius 1 is 1.30 bits per heavy atom. The largest absolute Gasteiger partial charge is 0.451 e. The molecular formula is C18H17N3O5S. The summed E-state index contributed by atoms with van der Waals surface area (Å²) in [5.41, 5.74) is -0.938. The van der Waals surface area contributed by atoms with E-state index in [2.05, 4.69) is 11.4 Å². The van der Waals surface area contributed by atoms with Gasteiger partial charge < -0.3 is 10.1 Å². The van der Waals surface area contributed by atoms with Gasteiger partial charge in [0, 0.05) is 22.2 Å². The molecule has 1 aromatic carbocycles. The number of thiophene rings is 1. The number of nitrogens with zero attached hydrogens (tertiary/aromatic N) is 2.